The molecular weight excluding hydrogens is 269 g/mol. The van der Waals surface area contributed by atoms with Crippen molar-refractivity contribution in [3.63, 3.8) is 0 Å². The molecule has 1 aliphatic rings. The van der Waals surface area contributed by atoms with Gasteiger partial charge in [0.1, 0.15) is 11.4 Å². The van der Waals surface area contributed by atoms with Crippen molar-refractivity contribution in [1.29, 1.82) is 0 Å². The summed E-state index contributed by atoms with van der Waals surface area (Å²) in [4.78, 5) is 14.1. The van der Waals surface area contributed by atoms with E-state index in [0.717, 1.165) is 31.4 Å². The number of benzene rings is 1. The Bertz CT molecular complexity index is 496. The number of rotatable bonds is 2. The Morgan fingerprint density at radius 1 is 1.38 bits per heavy atom. The van der Waals surface area contributed by atoms with Gasteiger partial charge in [0.25, 0.3) is 0 Å². The van der Waals surface area contributed by atoms with E-state index < -0.39 is 5.60 Å². The lowest BCUT2D eigenvalue weighted by atomic mass is 9.96. The molecule has 0 saturated carbocycles. The van der Waals surface area contributed by atoms with Crippen molar-refractivity contribution < 1.29 is 13.9 Å². The van der Waals surface area contributed by atoms with Gasteiger partial charge in [0.15, 0.2) is 0 Å². The molecule has 116 valence electrons. The summed E-state index contributed by atoms with van der Waals surface area (Å²) in [6.07, 6.45) is 3.45. The number of carbonyl (C=O) groups is 1. The van der Waals surface area contributed by atoms with E-state index in [1.165, 1.54) is 6.07 Å². The normalized spacial score (nSPS) is 19.4. The Hall–Kier alpha value is -1.58. The summed E-state index contributed by atoms with van der Waals surface area (Å²) in [6, 6.07) is 6.70. The molecule has 1 amide bonds. The molecule has 1 fully saturated rings. The van der Waals surface area contributed by atoms with Gasteiger partial charge in [-0.15, -0.1) is 0 Å². The predicted octanol–water partition coefficient (Wildman–Crippen LogP) is 4.16. The lowest BCUT2D eigenvalue weighted by molar-refractivity contribution is 0.00995. The molecule has 1 aromatic carbocycles. The van der Waals surface area contributed by atoms with Crippen LogP contribution < -0.4 is 0 Å². The fraction of sp³-hybridized carbons (Fsp3) is 0.588. The summed E-state index contributed by atoms with van der Waals surface area (Å²) >= 11 is 0. The topological polar surface area (TPSA) is 29.5 Å². The number of carbonyl (C=O) groups excluding carboxylic acids is 1. The minimum absolute atomic E-state index is 0.0930. The number of amides is 1. The maximum Gasteiger partial charge on any atom is 0.410 e. The maximum absolute atomic E-state index is 13.3. The van der Waals surface area contributed by atoms with Crippen molar-refractivity contribution in [1.82, 2.24) is 4.90 Å². The summed E-state index contributed by atoms with van der Waals surface area (Å²) in [7, 11) is 0. The van der Waals surface area contributed by atoms with Crippen LogP contribution in [0.4, 0.5) is 9.18 Å². The van der Waals surface area contributed by atoms with Gasteiger partial charge in [0, 0.05) is 12.6 Å². The Labute approximate surface area is 126 Å². The van der Waals surface area contributed by atoms with Crippen LogP contribution in [-0.2, 0) is 11.2 Å². The number of piperidine rings is 1. The highest BCUT2D eigenvalue weighted by Gasteiger charge is 2.30. The summed E-state index contributed by atoms with van der Waals surface area (Å²) < 4.78 is 18.8. The van der Waals surface area contributed by atoms with Crippen molar-refractivity contribution in [2.75, 3.05) is 6.54 Å². The van der Waals surface area contributed by atoms with Crippen LogP contribution in [0, 0.1) is 5.82 Å². The van der Waals surface area contributed by atoms with Crippen LogP contribution in [0.25, 0.3) is 0 Å². The van der Waals surface area contributed by atoms with E-state index in [4.69, 9.17) is 4.74 Å². The highest BCUT2D eigenvalue weighted by atomic mass is 19.1. The van der Waals surface area contributed by atoms with E-state index in [-0.39, 0.29) is 18.0 Å². The van der Waals surface area contributed by atoms with Gasteiger partial charge in [-0.25, -0.2) is 9.18 Å². The number of hydrogen-bond donors (Lipinski definition) is 0. The van der Waals surface area contributed by atoms with Crippen molar-refractivity contribution in [2.45, 2.75) is 58.1 Å². The van der Waals surface area contributed by atoms with Gasteiger partial charge in [-0.2, -0.15) is 0 Å². The van der Waals surface area contributed by atoms with Crippen LogP contribution in [0.1, 0.15) is 45.6 Å². The van der Waals surface area contributed by atoms with E-state index in [0.29, 0.717) is 6.42 Å². The van der Waals surface area contributed by atoms with Gasteiger partial charge in [-0.05, 0) is 64.2 Å². The van der Waals surface area contributed by atoms with Crippen LogP contribution in [0.2, 0.25) is 0 Å². The fourth-order valence-corrected chi connectivity index (χ4v) is 2.71. The molecule has 1 heterocycles. The quantitative estimate of drug-likeness (QED) is 0.819. The SMILES string of the molecule is CC(C)(C)OC(=O)N1CCCCC1Cc1cccc(F)c1. The summed E-state index contributed by atoms with van der Waals surface area (Å²) in [6.45, 7) is 6.33. The first kappa shape index (κ1) is 15.8. The summed E-state index contributed by atoms with van der Waals surface area (Å²) in [5.41, 5.74) is 0.438. The molecule has 0 bridgehead atoms. The number of nitrogens with zero attached hydrogens (tertiary/aromatic N) is 1. The lowest BCUT2D eigenvalue weighted by Gasteiger charge is -2.37. The van der Waals surface area contributed by atoms with Crippen LogP contribution in [0.5, 0.6) is 0 Å². The molecule has 1 unspecified atom stereocenters. The zero-order valence-electron chi connectivity index (χ0n) is 13.1. The largest absolute Gasteiger partial charge is 0.444 e. The lowest BCUT2D eigenvalue weighted by Crippen LogP contribution is -2.47. The Morgan fingerprint density at radius 3 is 2.81 bits per heavy atom. The molecule has 0 spiro atoms. The Morgan fingerprint density at radius 2 is 2.14 bits per heavy atom. The standard InChI is InChI=1S/C17H24FNO2/c1-17(2,3)21-16(20)19-10-5-4-9-15(19)12-13-7-6-8-14(18)11-13/h6-8,11,15H,4-5,9-10,12H2,1-3H3. The molecule has 3 nitrogen and oxygen atoms in total. The number of likely N-dealkylation sites (tertiary alicyclic amines) is 1. The van der Waals surface area contributed by atoms with Gasteiger partial charge in [0.2, 0.25) is 0 Å². The summed E-state index contributed by atoms with van der Waals surface area (Å²) in [5, 5.41) is 0. The zero-order chi connectivity index (χ0) is 15.5. The number of hydrogen-bond acceptors (Lipinski definition) is 2. The Balaban J connectivity index is 2.06. The third-order valence-electron chi connectivity index (χ3n) is 3.62. The van der Waals surface area contributed by atoms with Crippen molar-refractivity contribution >= 4 is 6.09 Å². The monoisotopic (exact) mass is 293 g/mol. The van der Waals surface area contributed by atoms with Crippen molar-refractivity contribution in [3.05, 3.63) is 35.6 Å². The Kier molecular flexibility index (Phi) is 4.86. The van der Waals surface area contributed by atoms with Crippen LogP contribution in [0.15, 0.2) is 24.3 Å². The molecule has 0 aromatic heterocycles. The second-order valence-corrected chi connectivity index (χ2v) is 6.66. The minimum Gasteiger partial charge on any atom is -0.444 e. The second-order valence-electron chi connectivity index (χ2n) is 6.66. The highest BCUT2D eigenvalue weighted by Crippen LogP contribution is 2.23. The molecular formula is C17H24FNO2. The molecule has 21 heavy (non-hydrogen) atoms. The predicted molar refractivity (Wildman–Crippen MR) is 80.7 cm³/mol. The fourth-order valence-electron chi connectivity index (χ4n) is 2.71. The minimum atomic E-state index is -0.488. The molecule has 1 aliphatic heterocycles. The van der Waals surface area contributed by atoms with Crippen molar-refractivity contribution in [3.8, 4) is 0 Å². The smallest absolute Gasteiger partial charge is 0.410 e. The number of halogens is 1. The van der Waals surface area contributed by atoms with E-state index in [9.17, 15) is 9.18 Å². The van der Waals surface area contributed by atoms with Gasteiger partial charge in [-0.1, -0.05) is 12.1 Å². The second kappa shape index (κ2) is 6.46. The van der Waals surface area contributed by atoms with Crippen LogP contribution >= 0.6 is 0 Å². The zero-order valence-corrected chi connectivity index (χ0v) is 13.1. The number of ether oxygens (including phenoxy) is 1. The molecule has 2 rings (SSSR count). The summed E-state index contributed by atoms with van der Waals surface area (Å²) in [5.74, 6) is -0.230. The molecule has 1 saturated heterocycles. The van der Waals surface area contributed by atoms with E-state index in [1.54, 1.807) is 17.0 Å². The van der Waals surface area contributed by atoms with Crippen LogP contribution in [-0.4, -0.2) is 29.2 Å². The first-order valence-corrected chi connectivity index (χ1v) is 7.59. The molecule has 1 atom stereocenters. The van der Waals surface area contributed by atoms with Crippen LogP contribution in [0.3, 0.4) is 0 Å². The van der Waals surface area contributed by atoms with Gasteiger partial charge >= 0.3 is 6.09 Å². The molecule has 0 radical (unpaired) electrons. The highest BCUT2D eigenvalue weighted by molar-refractivity contribution is 5.68. The van der Waals surface area contributed by atoms with Gasteiger partial charge in [-0.3, -0.25) is 0 Å². The van der Waals surface area contributed by atoms with E-state index in [1.807, 2.05) is 26.8 Å². The van der Waals surface area contributed by atoms with Gasteiger partial charge in [0.05, 0.1) is 0 Å². The average Bonchev–Trinajstić information content (AvgIpc) is 2.37. The van der Waals surface area contributed by atoms with Crippen molar-refractivity contribution in [2.24, 2.45) is 0 Å². The average molecular weight is 293 g/mol. The van der Waals surface area contributed by atoms with Gasteiger partial charge < -0.3 is 9.64 Å². The van der Waals surface area contributed by atoms with E-state index in [2.05, 4.69) is 0 Å². The molecule has 0 N–H and O–H groups in total. The third kappa shape index (κ3) is 4.73. The van der Waals surface area contributed by atoms with E-state index >= 15 is 0 Å². The molecule has 4 heteroatoms. The molecule has 0 aliphatic carbocycles. The maximum atomic E-state index is 13.3. The first-order chi connectivity index (χ1) is 9.85. The third-order valence-corrected chi connectivity index (χ3v) is 3.62. The first-order valence-electron chi connectivity index (χ1n) is 7.59. The molecule has 1 aromatic rings.